The predicted octanol–water partition coefficient (Wildman–Crippen LogP) is 2.69. The van der Waals surface area contributed by atoms with Gasteiger partial charge < -0.3 is 4.74 Å². The van der Waals surface area contributed by atoms with Crippen molar-refractivity contribution in [1.29, 1.82) is 5.26 Å². The second-order valence-corrected chi connectivity index (χ2v) is 3.23. The first-order valence-electron chi connectivity index (χ1n) is 4.65. The van der Waals surface area contributed by atoms with Crippen LogP contribution in [-0.4, -0.2) is 7.11 Å². The maximum absolute atomic E-state index is 10.6. The van der Waals surface area contributed by atoms with E-state index in [0.717, 1.165) is 11.1 Å². The molecule has 0 radical (unpaired) electrons. The number of nitriles is 1. The number of allylic oxidation sites excluding steroid dienone is 3. The maximum atomic E-state index is 10.6. The first-order chi connectivity index (χ1) is 7.81. The van der Waals surface area contributed by atoms with E-state index in [2.05, 4.69) is 11.2 Å². The van der Waals surface area contributed by atoms with Crippen LogP contribution in [0.3, 0.4) is 0 Å². The smallest absolute Gasteiger partial charge is 0.263 e. The predicted molar refractivity (Wildman–Crippen MR) is 59.8 cm³/mol. The van der Waals surface area contributed by atoms with E-state index in [1.165, 1.54) is 7.11 Å². The Morgan fingerprint density at radius 1 is 1.38 bits per heavy atom. The summed E-state index contributed by atoms with van der Waals surface area (Å²) in [7, 11) is 1.38. The van der Waals surface area contributed by atoms with E-state index in [-0.39, 0.29) is 5.88 Å². The minimum atomic E-state index is -0.00213. The van der Waals surface area contributed by atoms with Crippen LogP contribution in [0.2, 0.25) is 0 Å². The summed E-state index contributed by atoms with van der Waals surface area (Å²) in [5.41, 5.74) is 2.68. The molecule has 1 aromatic carbocycles. The molecule has 0 spiro atoms. The highest BCUT2D eigenvalue weighted by atomic mass is 16.5. The molecule has 0 saturated carbocycles. The van der Waals surface area contributed by atoms with Crippen LogP contribution in [0.5, 0.6) is 0 Å². The molecule has 0 saturated heterocycles. The lowest BCUT2D eigenvalue weighted by atomic mass is 10.0. The first kappa shape index (κ1) is 10.1. The fraction of sp³-hybridized carbons (Fsp3) is 0.0833. The van der Waals surface area contributed by atoms with Crippen molar-refractivity contribution in [3.63, 3.8) is 0 Å². The molecule has 0 atom stereocenters. The Bertz CT molecular complexity index is 550. The summed E-state index contributed by atoms with van der Waals surface area (Å²) in [6, 6.07) is 9.42. The van der Waals surface area contributed by atoms with Crippen LogP contribution in [0.15, 0.2) is 41.4 Å². The van der Waals surface area contributed by atoms with Gasteiger partial charge in [0.15, 0.2) is 0 Å². The van der Waals surface area contributed by atoms with Crippen molar-refractivity contribution in [3.05, 3.63) is 52.3 Å². The molecule has 16 heavy (non-hydrogen) atoms. The SMILES string of the molecule is CO/C(N=O)=C1/C=C(C#N)c2ccccc21. The van der Waals surface area contributed by atoms with Gasteiger partial charge in [0.2, 0.25) is 0 Å². The Labute approximate surface area is 92.4 Å². The third-order valence-corrected chi connectivity index (χ3v) is 2.42. The van der Waals surface area contributed by atoms with Crippen LogP contribution < -0.4 is 0 Å². The summed E-state index contributed by atoms with van der Waals surface area (Å²) in [6.45, 7) is 0. The lowest BCUT2D eigenvalue weighted by Gasteiger charge is -2.02. The van der Waals surface area contributed by atoms with Crippen molar-refractivity contribution >= 4 is 11.1 Å². The van der Waals surface area contributed by atoms with Crippen molar-refractivity contribution in [2.45, 2.75) is 0 Å². The zero-order chi connectivity index (χ0) is 11.5. The molecule has 0 N–H and O–H groups in total. The van der Waals surface area contributed by atoms with Crippen molar-refractivity contribution < 1.29 is 4.74 Å². The van der Waals surface area contributed by atoms with E-state index >= 15 is 0 Å². The number of methoxy groups -OCH3 is 1. The first-order valence-corrected chi connectivity index (χ1v) is 4.65. The van der Waals surface area contributed by atoms with E-state index in [1.807, 2.05) is 24.3 Å². The van der Waals surface area contributed by atoms with E-state index in [4.69, 9.17) is 10.00 Å². The van der Waals surface area contributed by atoms with Crippen LogP contribution in [0.4, 0.5) is 0 Å². The Morgan fingerprint density at radius 3 is 2.62 bits per heavy atom. The average molecular weight is 212 g/mol. The molecule has 1 aliphatic rings. The van der Waals surface area contributed by atoms with Crippen molar-refractivity contribution in [2.24, 2.45) is 5.18 Å². The van der Waals surface area contributed by atoms with Crippen molar-refractivity contribution in [1.82, 2.24) is 0 Å². The number of fused-ring (bicyclic) bond motifs is 1. The fourth-order valence-electron chi connectivity index (χ4n) is 1.72. The second kappa shape index (κ2) is 3.99. The van der Waals surface area contributed by atoms with Crippen LogP contribution in [0.25, 0.3) is 11.1 Å². The minimum absolute atomic E-state index is 0.00213. The molecule has 1 aromatic rings. The Kier molecular flexibility index (Phi) is 2.52. The Morgan fingerprint density at radius 2 is 2.06 bits per heavy atom. The molecule has 0 aromatic heterocycles. The number of ether oxygens (including phenoxy) is 1. The van der Waals surface area contributed by atoms with Gasteiger partial charge in [-0.25, -0.2) is 0 Å². The number of nitroso groups, excluding NO2 is 1. The third kappa shape index (κ3) is 1.39. The van der Waals surface area contributed by atoms with Gasteiger partial charge in [-0.2, -0.15) is 5.26 Å². The summed E-state index contributed by atoms with van der Waals surface area (Å²) in [5.74, 6) is -0.00213. The highest BCUT2D eigenvalue weighted by Gasteiger charge is 2.21. The highest BCUT2D eigenvalue weighted by Crippen LogP contribution is 2.36. The lowest BCUT2D eigenvalue weighted by molar-refractivity contribution is 0.290. The molecular formula is C12H8N2O2. The molecule has 1 aliphatic carbocycles. The summed E-state index contributed by atoms with van der Waals surface area (Å²) >= 11 is 0. The highest BCUT2D eigenvalue weighted by molar-refractivity contribution is 6.00. The molecular weight excluding hydrogens is 204 g/mol. The molecule has 4 nitrogen and oxygen atoms in total. The van der Waals surface area contributed by atoms with Gasteiger partial charge >= 0.3 is 0 Å². The van der Waals surface area contributed by atoms with Crippen LogP contribution in [-0.2, 0) is 4.74 Å². The molecule has 0 unspecified atom stereocenters. The van der Waals surface area contributed by atoms with Gasteiger partial charge in [-0.05, 0) is 11.6 Å². The minimum Gasteiger partial charge on any atom is -0.478 e. The number of benzene rings is 1. The normalized spacial score (nSPS) is 15.9. The van der Waals surface area contributed by atoms with Gasteiger partial charge in [-0.3, -0.25) is 0 Å². The topological polar surface area (TPSA) is 62.4 Å². The molecule has 0 amide bonds. The van der Waals surface area contributed by atoms with Crippen LogP contribution in [0.1, 0.15) is 11.1 Å². The number of nitrogens with zero attached hydrogens (tertiary/aromatic N) is 2. The quantitative estimate of drug-likeness (QED) is 0.559. The molecule has 0 heterocycles. The standard InChI is InChI=1S/C12H8N2O2/c1-16-12(14-15)11-6-8(7-13)9-4-2-3-5-10(9)11/h2-6H,1H3/b12-11-. The molecule has 4 heteroatoms. The number of hydrogen-bond acceptors (Lipinski definition) is 4. The zero-order valence-electron chi connectivity index (χ0n) is 8.60. The van der Waals surface area contributed by atoms with E-state index in [0.29, 0.717) is 11.1 Å². The van der Waals surface area contributed by atoms with Crippen LogP contribution >= 0.6 is 0 Å². The molecule has 0 aliphatic heterocycles. The van der Waals surface area contributed by atoms with E-state index in [9.17, 15) is 4.91 Å². The molecule has 78 valence electrons. The van der Waals surface area contributed by atoms with Gasteiger partial charge in [0.1, 0.15) is 0 Å². The number of hydrogen-bond donors (Lipinski definition) is 0. The van der Waals surface area contributed by atoms with Gasteiger partial charge in [0.25, 0.3) is 5.88 Å². The van der Waals surface area contributed by atoms with Crippen molar-refractivity contribution in [2.75, 3.05) is 7.11 Å². The monoisotopic (exact) mass is 212 g/mol. The Hall–Kier alpha value is -2.41. The van der Waals surface area contributed by atoms with Gasteiger partial charge in [0, 0.05) is 16.3 Å². The second-order valence-electron chi connectivity index (χ2n) is 3.23. The van der Waals surface area contributed by atoms with Crippen LogP contribution in [0, 0.1) is 16.2 Å². The third-order valence-electron chi connectivity index (χ3n) is 2.42. The van der Waals surface area contributed by atoms with E-state index < -0.39 is 0 Å². The van der Waals surface area contributed by atoms with Crippen molar-refractivity contribution in [3.8, 4) is 6.07 Å². The Balaban J connectivity index is 2.71. The fourth-order valence-corrected chi connectivity index (χ4v) is 1.72. The number of rotatable bonds is 2. The largest absolute Gasteiger partial charge is 0.478 e. The van der Waals surface area contributed by atoms with E-state index in [1.54, 1.807) is 6.08 Å². The average Bonchev–Trinajstić information content (AvgIpc) is 2.70. The molecule has 0 bridgehead atoms. The summed E-state index contributed by atoms with van der Waals surface area (Å²) < 4.78 is 4.88. The summed E-state index contributed by atoms with van der Waals surface area (Å²) in [6.07, 6.45) is 1.62. The van der Waals surface area contributed by atoms with Gasteiger partial charge in [-0.1, -0.05) is 24.3 Å². The summed E-state index contributed by atoms with van der Waals surface area (Å²) in [5, 5.41) is 11.8. The van der Waals surface area contributed by atoms with Gasteiger partial charge in [0.05, 0.1) is 18.8 Å². The van der Waals surface area contributed by atoms with Gasteiger partial charge in [-0.15, -0.1) is 4.91 Å². The zero-order valence-corrected chi connectivity index (χ0v) is 8.60. The summed E-state index contributed by atoms with van der Waals surface area (Å²) in [4.78, 5) is 10.6. The lowest BCUT2D eigenvalue weighted by Crippen LogP contribution is -1.88. The molecule has 2 rings (SSSR count). The molecule has 0 fully saturated rings. The maximum Gasteiger partial charge on any atom is 0.263 e.